The van der Waals surface area contributed by atoms with Crippen LogP contribution in [0.3, 0.4) is 0 Å². The first-order valence-electron chi connectivity index (χ1n) is 7.27. The van der Waals surface area contributed by atoms with Crippen molar-refractivity contribution in [2.45, 2.75) is 39.3 Å². The number of hydrogen-bond donors (Lipinski definition) is 1. The number of aromatic nitrogens is 2. The van der Waals surface area contributed by atoms with Gasteiger partial charge in [0.25, 0.3) is 0 Å². The first-order valence-corrected chi connectivity index (χ1v) is 7.65. The molecule has 0 aliphatic carbocycles. The fraction of sp³-hybridized carbons (Fsp3) is 0.438. The van der Waals surface area contributed by atoms with E-state index in [9.17, 15) is 4.39 Å². The summed E-state index contributed by atoms with van der Waals surface area (Å²) in [6.07, 6.45) is 1.49. The summed E-state index contributed by atoms with van der Waals surface area (Å²) in [6.45, 7) is 4.86. The van der Waals surface area contributed by atoms with Crippen LogP contribution in [0.15, 0.2) is 24.3 Å². The number of likely N-dealkylation sites (N-methyl/N-ethyl adjacent to an activating group) is 1. The van der Waals surface area contributed by atoms with Crippen molar-refractivity contribution in [3.63, 3.8) is 0 Å². The molecule has 0 spiro atoms. The Bertz CT molecular complexity index is 610. The van der Waals surface area contributed by atoms with Crippen LogP contribution in [0.1, 0.15) is 36.8 Å². The van der Waals surface area contributed by atoms with Crippen LogP contribution < -0.4 is 5.32 Å². The normalized spacial score (nSPS) is 12.6. The molecule has 114 valence electrons. The number of nitrogens with one attached hydrogen (secondary N) is 1. The Kier molecular flexibility index (Phi) is 5.37. The van der Waals surface area contributed by atoms with E-state index in [-0.39, 0.29) is 11.9 Å². The molecule has 0 bridgehead atoms. The molecule has 21 heavy (non-hydrogen) atoms. The van der Waals surface area contributed by atoms with Gasteiger partial charge >= 0.3 is 0 Å². The molecule has 0 aliphatic rings. The molecule has 2 aromatic rings. The lowest BCUT2D eigenvalue weighted by Gasteiger charge is -2.17. The van der Waals surface area contributed by atoms with Crippen molar-refractivity contribution in [1.82, 2.24) is 15.1 Å². The standard InChI is InChI=1S/C16H21ClFN3/c1-4-13-16(17)15(21(5-2)20-13)10-14(19-3)11-7-6-8-12(18)9-11/h6-9,14,19H,4-5,10H2,1-3H3. The Balaban J connectivity index is 2.32. The molecule has 1 atom stereocenters. The molecule has 0 fully saturated rings. The van der Waals surface area contributed by atoms with Gasteiger partial charge in [-0.2, -0.15) is 5.10 Å². The molecule has 1 N–H and O–H groups in total. The Morgan fingerprint density at radius 3 is 2.71 bits per heavy atom. The molecule has 2 rings (SSSR count). The summed E-state index contributed by atoms with van der Waals surface area (Å²) in [6, 6.07) is 6.67. The van der Waals surface area contributed by atoms with Crippen molar-refractivity contribution in [3.05, 3.63) is 52.1 Å². The molecule has 1 unspecified atom stereocenters. The SMILES string of the molecule is CCc1nn(CC)c(CC(NC)c2cccc(F)c2)c1Cl. The third-order valence-electron chi connectivity index (χ3n) is 3.69. The van der Waals surface area contributed by atoms with Crippen molar-refractivity contribution in [3.8, 4) is 0 Å². The lowest BCUT2D eigenvalue weighted by molar-refractivity contribution is 0.536. The Morgan fingerprint density at radius 1 is 1.38 bits per heavy atom. The van der Waals surface area contributed by atoms with E-state index in [1.165, 1.54) is 6.07 Å². The van der Waals surface area contributed by atoms with E-state index in [0.29, 0.717) is 6.42 Å². The Morgan fingerprint density at radius 2 is 2.14 bits per heavy atom. The number of benzene rings is 1. The zero-order valence-corrected chi connectivity index (χ0v) is 13.4. The molecule has 1 aromatic heterocycles. The number of rotatable bonds is 6. The van der Waals surface area contributed by atoms with Crippen molar-refractivity contribution in [2.75, 3.05) is 7.05 Å². The quantitative estimate of drug-likeness (QED) is 0.880. The van der Waals surface area contributed by atoms with E-state index < -0.39 is 0 Å². The number of hydrogen-bond acceptors (Lipinski definition) is 2. The van der Waals surface area contributed by atoms with Gasteiger partial charge in [-0.05, 0) is 38.1 Å². The topological polar surface area (TPSA) is 29.9 Å². The fourth-order valence-corrected chi connectivity index (χ4v) is 2.86. The first kappa shape index (κ1) is 16.0. The minimum atomic E-state index is -0.225. The van der Waals surface area contributed by atoms with Crippen LogP contribution in [-0.4, -0.2) is 16.8 Å². The summed E-state index contributed by atoms with van der Waals surface area (Å²) >= 11 is 6.44. The zero-order valence-electron chi connectivity index (χ0n) is 12.7. The van der Waals surface area contributed by atoms with Crippen LogP contribution in [0.5, 0.6) is 0 Å². The Hall–Kier alpha value is -1.39. The maximum Gasteiger partial charge on any atom is 0.123 e. The fourth-order valence-electron chi connectivity index (χ4n) is 2.52. The maximum absolute atomic E-state index is 13.4. The van der Waals surface area contributed by atoms with Gasteiger partial charge in [-0.1, -0.05) is 30.7 Å². The van der Waals surface area contributed by atoms with E-state index >= 15 is 0 Å². The van der Waals surface area contributed by atoms with Crippen LogP contribution in [0.25, 0.3) is 0 Å². The third-order valence-corrected chi connectivity index (χ3v) is 4.13. The highest BCUT2D eigenvalue weighted by atomic mass is 35.5. The molecule has 0 radical (unpaired) electrons. The highest BCUT2D eigenvalue weighted by Crippen LogP contribution is 2.27. The predicted octanol–water partition coefficient (Wildman–Crippen LogP) is 3.76. The summed E-state index contributed by atoms with van der Waals surface area (Å²) in [5.74, 6) is -0.225. The van der Waals surface area contributed by atoms with Gasteiger partial charge in [0.15, 0.2) is 0 Å². The molecule has 0 saturated heterocycles. The second kappa shape index (κ2) is 7.05. The number of aryl methyl sites for hydroxylation is 2. The maximum atomic E-state index is 13.4. The van der Waals surface area contributed by atoms with Gasteiger partial charge in [0.05, 0.1) is 16.4 Å². The highest BCUT2D eigenvalue weighted by molar-refractivity contribution is 6.31. The van der Waals surface area contributed by atoms with E-state index in [0.717, 1.165) is 34.9 Å². The average molecular weight is 310 g/mol. The summed E-state index contributed by atoms with van der Waals surface area (Å²) in [4.78, 5) is 0. The molecule has 5 heteroatoms. The minimum absolute atomic E-state index is 0.00454. The predicted molar refractivity (Wildman–Crippen MR) is 84.2 cm³/mol. The van der Waals surface area contributed by atoms with Gasteiger partial charge in [-0.3, -0.25) is 4.68 Å². The number of nitrogens with zero attached hydrogens (tertiary/aromatic N) is 2. The molecular weight excluding hydrogens is 289 g/mol. The van der Waals surface area contributed by atoms with Crippen molar-refractivity contribution in [1.29, 1.82) is 0 Å². The zero-order chi connectivity index (χ0) is 15.4. The summed E-state index contributed by atoms with van der Waals surface area (Å²) in [7, 11) is 1.87. The van der Waals surface area contributed by atoms with Crippen LogP contribution in [0.2, 0.25) is 5.02 Å². The molecule has 1 heterocycles. The number of halogens is 2. The molecule has 0 aliphatic heterocycles. The first-order chi connectivity index (χ1) is 10.1. The lowest BCUT2D eigenvalue weighted by atomic mass is 10.0. The van der Waals surface area contributed by atoms with Gasteiger partial charge in [-0.25, -0.2) is 4.39 Å². The second-order valence-electron chi connectivity index (χ2n) is 4.98. The van der Waals surface area contributed by atoms with Crippen LogP contribution in [-0.2, 0) is 19.4 Å². The third kappa shape index (κ3) is 3.44. The van der Waals surface area contributed by atoms with E-state index in [4.69, 9.17) is 11.6 Å². The minimum Gasteiger partial charge on any atom is -0.313 e. The van der Waals surface area contributed by atoms with Gasteiger partial charge in [0, 0.05) is 19.0 Å². The lowest BCUT2D eigenvalue weighted by Crippen LogP contribution is -2.20. The van der Waals surface area contributed by atoms with Crippen LogP contribution >= 0.6 is 11.6 Å². The molecular formula is C16H21ClFN3. The second-order valence-corrected chi connectivity index (χ2v) is 5.36. The van der Waals surface area contributed by atoms with Crippen molar-refractivity contribution >= 4 is 11.6 Å². The van der Waals surface area contributed by atoms with Crippen LogP contribution in [0, 0.1) is 5.82 Å². The van der Waals surface area contributed by atoms with E-state index in [1.54, 1.807) is 12.1 Å². The van der Waals surface area contributed by atoms with Crippen molar-refractivity contribution in [2.24, 2.45) is 0 Å². The van der Waals surface area contributed by atoms with Gasteiger partial charge in [0.2, 0.25) is 0 Å². The highest BCUT2D eigenvalue weighted by Gasteiger charge is 2.19. The molecule has 3 nitrogen and oxygen atoms in total. The summed E-state index contributed by atoms with van der Waals surface area (Å²) in [5, 5.41) is 8.49. The monoisotopic (exact) mass is 309 g/mol. The molecule has 1 aromatic carbocycles. The smallest absolute Gasteiger partial charge is 0.123 e. The van der Waals surface area contributed by atoms with E-state index in [2.05, 4.69) is 10.4 Å². The van der Waals surface area contributed by atoms with Gasteiger partial charge < -0.3 is 5.32 Å². The largest absolute Gasteiger partial charge is 0.313 e. The van der Waals surface area contributed by atoms with Gasteiger partial charge in [-0.15, -0.1) is 0 Å². The average Bonchev–Trinajstić information content (AvgIpc) is 2.80. The molecule has 0 amide bonds. The molecule has 0 saturated carbocycles. The summed E-state index contributed by atoms with van der Waals surface area (Å²) in [5.41, 5.74) is 2.83. The summed E-state index contributed by atoms with van der Waals surface area (Å²) < 4.78 is 15.3. The van der Waals surface area contributed by atoms with Gasteiger partial charge in [0.1, 0.15) is 5.82 Å². The Labute approximate surface area is 130 Å². The van der Waals surface area contributed by atoms with E-state index in [1.807, 2.05) is 31.6 Å². The van der Waals surface area contributed by atoms with Crippen molar-refractivity contribution < 1.29 is 4.39 Å². The van der Waals surface area contributed by atoms with Crippen LogP contribution in [0.4, 0.5) is 4.39 Å².